The summed E-state index contributed by atoms with van der Waals surface area (Å²) >= 11 is 0. The Morgan fingerprint density at radius 2 is 1.73 bits per heavy atom. The average molecular weight is 164 g/mol. The summed E-state index contributed by atoms with van der Waals surface area (Å²) in [6, 6.07) is 0. The molecule has 4 N–H and O–H groups in total. The van der Waals surface area contributed by atoms with Gasteiger partial charge in [0.2, 0.25) is 0 Å². The molecule has 1 heterocycles. The molecular formula is C6H12O5. The van der Waals surface area contributed by atoms with E-state index in [0.717, 1.165) is 0 Å². The number of hydrogen-bond donors (Lipinski definition) is 4. The van der Waals surface area contributed by atoms with Gasteiger partial charge in [-0.05, 0) is 6.92 Å². The molecule has 5 atom stereocenters. The van der Waals surface area contributed by atoms with Crippen molar-refractivity contribution < 1.29 is 25.2 Å². The van der Waals surface area contributed by atoms with Crippen molar-refractivity contribution in [1.29, 1.82) is 0 Å². The van der Waals surface area contributed by atoms with Gasteiger partial charge >= 0.3 is 0 Å². The summed E-state index contributed by atoms with van der Waals surface area (Å²) in [6.07, 6.45) is -5.75. The number of rotatable bonds is 1. The monoisotopic (exact) mass is 164 g/mol. The number of aliphatic hydroxyl groups excluding tert-OH is 4. The fraction of sp³-hybridized carbons (Fsp3) is 1.00. The molecule has 0 spiro atoms. The molecule has 1 saturated heterocycles. The Hall–Kier alpha value is -0.200. The second kappa shape index (κ2) is 3.04. The molecule has 1 unspecified atom stereocenters. The third kappa shape index (κ3) is 1.52. The first-order valence-electron chi connectivity index (χ1n) is 3.41. The molecule has 1 rings (SSSR count). The van der Waals surface area contributed by atoms with Crippen LogP contribution in [0.1, 0.15) is 6.92 Å². The van der Waals surface area contributed by atoms with E-state index in [1.807, 2.05) is 0 Å². The van der Waals surface area contributed by atoms with Gasteiger partial charge in [-0.2, -0.15) is 0 Å². The lowest BCUT2D eigenvalue weighted by Crippen LogP contribution is -2.37. The van der Waals surface area contributed by atoms with Crippen molar-refractivity contribution in [2.75, 3.05) is 0 Å². The first-order chi connectivity index (χ1) is 5.04. The van der Waals surface area contributed by atoms with Gasteiger partial charge in [0.05, 0.1) is 6.10 Å². The van der Waals surface area contributed by atoms with Crippen molar-refractivity contribution in [3.8, 4) is 0 Å². The molecule has 0 bridgehead atoms. The molecule has 1 fully saturated rings. The maximum atomic E-state index is 9.10. The molecule has 0 aromatic rings. The minimum absolute atomic E-state index is 0.903. The van der Waals surface area contributed by atoms with Crippen LogP contribution in [0.3, 0.4) is 0 Å². The fourth-order valence-electron chi connectivity index (χ4n) is 1.08. The molecule has 0 aromatic heterocycles. The minimum atomic E-state index is -1.40. The highest BCUT2D eigenvalue weighted by Crippen LogP contribution is 2.21. The summed E-state index contributed by atoms with van der Waals surface area (Å²) in [5.74, 6) is 0. The number of hydrogen-bond acceptors (Lipinski definition) is 5. The molecule has 0 saturated carbocycles. The summed E-state index contributed by atoms with van der Waals surface area (Å²) in [5.41, 5.74) is 0. The van der Waals surface area contributed by atoms with E-state index in [-0.39, 0.29) is 0 Å². The summed E-state index contributed by atoms with van der Waals surface area (Å²) in [5, 5.41) is 35.8. The van der Waals surface area contributed by atoms with E-state index < -0.39 is 30.7 Å². The lowest BCUT2D eigenvalue weighted by molar-refractivity contribution is -0.143. The van der Waals surface area contributed by atoms with Crippen molar-refractivity contribution >= 4 is 0 Å². The van der Waals surface area contributed by atoms with Crippen molar-refractivity contribution in [2.24, 2.45) is 0 Å². The van der Waals surface area contributed by atoms with Gasteiger partial charge in [-0.15, -0.1) is 0 Å². The lowest BCUT2D eigenvalue weighted by Gasteiger charge is -2.16. The topological polar surface area (TPSA) is 90.2 Å². The molecule has 0 aromatic carbocycles. The lowest BCUT2D eigenvalue weighted by atomic mass is 10.1. The van der Waals surface area contributed by atoms with Crippen LogP contribution in [0, 0.1) is 0 Å². The highest BCUT2D eigenvalue weighted by atomic mass is 16.6. The largest absolute Gasteiger partial charge is 0.391 e. The highest BCUT2D eigenvalue weighted by molar-refractivity contribution is 4.88. The third-order valence-corrected chi connectivity index (χ3v) is 1.75. The molecule has 11 heavy (non-hydrogen) atoms. The third-order valence-electron chi connectivity index (χ3n) is 1.75. The van der Waals surface area contributed by atoms with Crippen LogP contribution in [0.15, 0.2) is 0 Å². The van der Waals surface area contributed by atoms with Crippen LogP contribution in [-0.2, 0) is 4.74 Å². The molecular weight excluding hydrogens is 152 g/mol. The smallest absolute Gasteiger partial charge is 0.184 e. The number of ether oxygens (including phenoxy) is 1. The zero-order valence-electron chi connectivity index (χ0n) is 6.08. The van der Waals surface area contributed by atoms with Crippen molar-refractivity contribution in [3.05, 3.63) is 0 Å². The van der Waals surface area contributed by atoms with Gasteiger partial charge in [0.15, 0.2) is 6.29 Å². The Morgan fingerprint density at radius 1 is 1.18 bits per heavy atom. The van der Waals surface area contributed by atoms with Crippen LogP contribution in [0.2, 0.25) is 0 Å². The van der Waals surface area contributed by atoms with Gasteiger partial charge < -0.3 is 25.2 Å². The predicted molar refractivity (Wildman–Crippen MR) is 34.6 cm³/mol. The average Bonchev–Trinajstić information content (AvgIpc) is 2.17. The van der Waals surface area contributed by atoms with Crippen LogP contribution in [0.5, 0.6) is 0 Å². The van der Waals surface area contributed by atoms with E-state index in [1.54, 1.807) is 0 Å². The highest BCUT2D eigenvalue weighted by Gasteiger charge is 2.43. The van der Waals surface area contributed by atoms with Crippen LogP contribution in [-0.4, -0.2) is 51.1 Å². The van der Waals surface area contributed by atoms with Gasteiger partial charge in [-0.25, -0.2) is 0 Å². The van der Waals surface area contributed by atoms with Crippen molar-refractivity contribution in [3.63, 3.8) is 0 Å². The van der Waals surface area contributed by atoms with E-state index in [0.29, 0.717) is 0 Å². The fourth-order valence-corrected chi connectivity index (χ4v) is 1.08. The van der Waals surface area contributed by atoms with Crippen LogP contribution in [0.25, 0.3) is 0 Å². The molecule has 0 radical (unpaired) electrons. The number of aliphatic hydroxyl groups is 4. The standard InChI is InChI=1S/C6H12O5/c1-2(7)5-3(8)4(9)6(10)11-5/h2-10H,1H3/t2-,3+,4+,5-,6?/m1/s1. The molecule has 0 aliphatic carbocycles. The maximum absolute atomic E-state index is 9.10. The molecule has 1 aliphatic heterocycles. The quantitative estimate of drug-likeness (QED) is 0.353. The Balaban J connectivity index is 2.59. The minimum Gasteiger partial charge on any atom is -0.391 e. The van der Waals surface area contributed by atoms with E-state index in [2.05, 4.69) is 4.74 Å². The van der Waals surface area contributed by atoms with Gasteiger partial charge in [-0.3, -0.25) is 0 Å². The summed E-state index contributed by atoms with van der Waals surface area (Å²) < 4.78 is 4.65. The predicted octanol–water partition coefficient (Wildman–Crippen LogP) is -2.19. The van der Waals surface area contributed by atoms with E-state index >= 15 is 0 Å². The Labute approximate surface area is 63.8 Å². The van der Waals surface area contributed by atoms with Gasteiger partial charge in [0.1, 0.15) is 18.3 Å². The SMILES string of the molecule is C[C@@H](O)[C@H]1OC(O)[C@@H](O)[C@@H]1O. The molecule has 5 heteroatoms. The van der Waals surface area contributed by atoms with Gasteiger partial charge in [0, 0.05) is 0 Å². The van der Waals surface area contributed by atoms with E-state index in [1.165, 1.54) is 6.92 Å². The zero-order chi connectivity index (χ0) is 8.59. The van der Waals surface area contributed by atoms with Crippen molar-refractivity contribution in [2.45, 2.75) is 37.6 Å². The molecule has 66 valence electrons. The van der Waals surface area contributed by atoms with Crippen LogP contribution in [0.4, 0.5) is 0 Å². The zero-order valence-corrected chi connectivity index (χ0v) is 6.08. The summed E-state index contributed by atoms with van der Waals surface area (Å²) in [4.78, 5) is 0. The van der Waals surface area contributed by atoms with E-state index in [4.69, 9.17) is 20.4 Å². The molecule has 5 nitrogen and oxygen atoms in total. The Bertz CT molecular complexity index is 137. The molecule has 0 amide bonds. The van der Waals surface area contributed by atoms with Crippen LogP contribution >= 0.6 is 0 Å². The van der Waals surface area contributed by atoms with Crippen LogP contribution < -0.4 is 0 Å². The Kier molecular flexibility index (Phi) is 2.46. The molecule has 1 aliphatic rings. The normalized spacial score (nSPS) is 47.7. The van der Waals surface area contributed by atoms with Gasteiger partial charge in [0.25, 0.3) is 0 Å². The first kappa shape index (κ1) is 8.89. The first-order valence-corrected chi connectivity index (χ1v) is 3.41. The van der Waals surface area contributed by atoms with Crippen molar-refractivity contribution in [1.82, 2.24) is 0 Å². The van der Waals surface area contributed by atoms with E-state index in [9.17, 15) is 0 Å². The summed E-state index contributed by atoms with van der Waals surface area (Å²) in [6.45, 7) is 1.42. The Morgan fingerprint density at radius 3 is 1.91 bits per heavy atom. The van der Waals surface area contributed by atoms with Gasteiger partial charge in [-0.1, -0.05) is 0 Å². The second-order valence-electron chi connectivity index (χ2n) is 2.71. The summed E-state index contributed by atoms with van der Waals surface area (Å²) in [7, 11) is 0. The second-order valence-corrected chi connectivity index (χ2v) is 2.71. The maximum Gasteiger partial charge on any atom is 0.184 e.